The molecule has 0 saturated heterocycles. The highest BCUT2D eigenvalue weighted by Gasteiger charge is 2.23. The Hall–Kier alpha value is -1.57. The van der Waals surface area contributed by atoms with Gasteiger partial charge in [-0.25, -0.2) is 8.42 Å². The van der Waals surface area contributed by atoms with E-state index in [0.29, 0.717) is 22.2 Å². The van der Waals surface area contributed by atoms with Crippen LogP contribution in [0.25, 0.3) is 0 Å². The average molecular weight is 326 g/mol. The first-order valence-electron chi connectivity index (χ1n) is 6.35. The molecular formula is C14H18N2O3S2. The summed E-state index contributed by atoms with van der Waals surface area (Å²) in [5.41, 5.74) is 0.597. The molecule has 5 nitrogen and oxygen atoms in total. The third kappa shape index (κ3) is 3.37. The van der Waals surface area contributed by atoms with E-state index in [9.17, 15) is 8.42 Å². The summed E-state index contributed by atoms with van der Waals surface area (Å²) in [7, 11) is 1.43. The lowest BCUT2D eigenvalue weighted by Crippen LogP contribution is -2.25. The molecule has 0 bridgehead atoms. The van der Waals surface area contributed by atoms with E-state index in [-0.39, 0.29) is 0 Å². The minimum atomic E-state index is -3.53. The number of benzene rings is 1. The highest BCUT2D eigenvalue weighted by atomic mass is 32.2. The first kappa shape index (κ1) is 15.8. The average Bonchev–Trinajstić information content (AvgIpc) is 2.96. The van der Waals surface area contributed by atoms with E-state index < -0.39 is 10.0 Å². The summed E-state index contributed by atoms with van der Waals surface area (Å²) in [4.78, 5) is 0.985. The second-order valence-corrected chi connectivity index (χ2v) is 7.79. The summed E-state index contributed by atoms with van der Waals surface area (Å²) in [5.74, 6) is 0.692. The van der Waals surface area contributed by atoms with Gasteiger partial charge in [-0.1, -0.05) is 0 Å². The maximum atomic E-state index is 12.6. The number of ether oxygens (including phenoxy) is 1. The van der Waals surface area contributed by atoms with Gasteiger partial charge in [0.05, 0.1) is 12.8 Å². The Morgan fingerprint density at radius 2 is 1.86 bits per heavy atom. The quantitative estimate of drug-likeness (QED) is 0.885. The molecule has 0 radical (unpaired) electrons. The van der Waals surface area contributed by atoms with E-state index >= 15 is 0 Å². The normalized spacial score (nSPS) is 11.4. The summed E-state index contributed by atoms with van der Waals surface area (Å²) < 4.78 is 31.9. The van der Waals surface area contributed by atoms with Gasteiger partial charge in [0.1, 0.15) is 9.96 Å². The van der Waals surface area contributed by atoms with Crippen molar-refractivity contribution in [2.45, 2.75) is 10.8 Å². The molecule has 21 heavy (non-hydrogen) atoms. The van der Waals surface area contributed by atoms with Crippen LogP contribution in [0.15, 0.2) is 40.6 Å². The molecule has 2 aromatic rings. The minimum absolute atomic E-state index is 0.339. The molecule has 0 fully saturated rings. The summed E-state index contributed by atoms with van der Waals surface area (Å²) in [6.45, 7) is 0.659. The number of hydrogen-bond acceptors (Lipinski definition) is 5. The van der Waals surface area contributed by atoms with Gasteiger partial charge in [0.15, 0.2) is 0 Å². The van der Waals surface area contributed by atoms with Crippen molar-refractivity contribution >= 4 is 27.0 Å². The van der Waals surface area contributed by atoms with Crippen molar-refractivity contribution in [3.63, 3.8) is 0 Å². The van der Waals surface area contributed by atoms with Crippen molar-refractivity contribution < 1.29 is 13.2 Å². The number of rotatable bonds is 6. The molecule has 0 aliphatic heterocycles. The van der Waals surface area contributed by atoms with Crippen molar-refractivity contribution in [3.05, 3.63) is 41.3 Å². The molecule has 0 saturated carbocycles. The molecule has 0 amide bonds. The Balaban J connectivity index is 2.28. The van der Waals surface area contributed by atoms with Gasteiger partial charge < -0.3 is 10.1 Å². The highest BCUT2D eigenvalue weighted by molar-refractivity contribution is 7.94. The summed E-state index contributed by atoms with van der Waals surface area (Å²) in [5, 5.41) is 3.01. The number of anilines is 1. The van der Waals surface area contributed by atoms with Gasteiger partial charge in [0, 0.05) is 18.5 Å². The minimum Gasteiger partial charge on any atom is -0.497 e. The van der Waals surface area contributed by atoms with E-state index in [0.717, 1.165) is 4.88 Å². The fourth-order valence-electron chi connectivity index (χ4n) is 1.83. The van der Waals surface area contributed by atoms with Crippen LogP contribution < -0.4 is 14.4 Å². The Morgan fingerprint density at radius 1 is 1.19 bits per heavy atom. The zero-order chi connectivity index (χ0) is 15.5. The molecule has 0 spiro atoms. The summed E-state index contributed by atoms with van der Waals surface area (Å²) in [6.07, 6.45) is 0. The third-order valence-corrected chi connectivity index (χ3v) is 6.38. The van der Waals surface area contributed by atoms with Gasteiger partial charge in [-0.15, -0.1) is 11.3 Å². The smallest absolute Gasteiger partial charge is 0.273 e. The molecule has 0 aliphatic rings. The van der Waals surface area contributed by atoms with Crippen LogP contribution in [0.5, 0.6) is 5.75 Å². The zero-order valence-corrected chi connectivity index (χ0v) is 13.8. The van der Waals surface area contributed by atoms with E-state index in [1.54, 1.807) is 44.5 Å². The molecular weight excluding hydrogens is 308 g/mol. The van der Waals surface area contributed by atoms with Gasteiger partial charge >= 0.3 is 0 Å². The number of sulfonamides is 1. The maximum absolute atomic E-state index is 12.6. The number of thiophene rings is 1. The van der Waals surface area contributed by atoms with E-state index in [2.05, 4.69) is 5.32 Å². The van der Waals surface area contributed by atoms with Crippen molar-refractivity contribution in [2.75, 3.05) is 25.5 Å². The monoisotopic (exact) mass is 326 g/mol. The first-order chi connectivity index (χ1) is 9.98. The Labute approximate surface area is 129 Å². The van der Waals surface area contributed by atoms with Crippen molar-refractivity contribution in [1.82, 2.24) is 5.32 Å². The molecule has 0 aliphatic carbocycles. The molecule has 114 valence electrons. The topological polar surface area (TPSA) is 58.6 Å². The third-order valence-electron chi connectivity index (χ3n) is 3.04. The molecule has 0 unspecified atom stereocenters. The zero-order valence-electron chi connectivity index (χ0n) is 12.2. The second-order valence-electron chi connectivity index (χ2n) is 4.42. The van der Waals surface area contributed by atoms with Crippen molar-refractivity contribution in [2.24, 2.45) is 0 Å². The molecule has 1 heterocycles. The summed E-state index contributed by atoms with van der Waals surface area (Å²) >= 11 is 1.28. The van der Waals surface area contributed by atoms with Gasteiger partial charge in [-0.2, -0.15) is 0 Å². The molecule has 1 N–H and O–H groups in total. The van der Waals surface area contributed by atoms with Gasteiger partial charge in [0.2, 0.25) is 0 Å². The lowest BCUT2D eigenvalue weighted by Gasteiger charge is -2.18. The van der Waals surface area contributed by atoms with Crippen LogP contribution >= 0.6 is 11.3 Å². The van der Waals surface area contributed by atoms with Gasteiger partial charge in [0.25, 0.3) is 10.0 Å². The van der Waals surface area contributed by atoms with Crippen LogP contribution in [-0.2, 0) is 16.6 Å². The maximum Gasteiger partial charge on any atom is 0.273 e. The molecule has 1 aromatic carbocycles. The van der Waals surface area contributed by atoms with Crippen molar-refractivity contribution in [1.29, 1.82) is 0 Å². The Kier molecular flexibility index (Phi) is 4.87. The number of methoxy groups -OCH3 is 1. The molecule has 7 heteroatoms. The Morgan fingerprint density at radius 3 is 2.43 bits per heavy atom. The fourth-order valence-corrected chi connectivity index (χ4v) is 4.57. The SMILES string of the molecule is CNCc1ccc(S(=O)(=O)N(C)c2ccc(OC)cc2)s1. The lowest BCUT2D eigenvalue weighted by atomic mass is 10.3. The van der Waals surface area contributed by atoms with E-state index in [1.807, 2.05) is 13.1 Å². The predicted octanol–water partition coefficient (Wildman–Crippen LogP) is 2.30. The molecule has 1 aromatic heterocycles. The predicted molar refractivity (Wildman–Crippen MR) is 85.7 cm³/mol. The van der Waals surface area contributed by atoms with Crippen LogP contribution in [0, 0.1) is 0 Å². The standard InChI is InChI=1S/C14H18N2O3S2/c1-15-10-13-8-9-14(20-13)21(17,18)16(2)11-4-6-12(19-3)7-5-11/h4-9,15H,10H2,1-3H3. The summed E-state index contributed by atoms with van der Waals surface area (Å²) in [6, 6.07) is 10.4. The van der Waals surface area contributed by atoms with Crippen LogP contribution in [-0.4, -0.2) is 29.6 Å². The van der Waals surface area contributed by atoms with E-state index in [4.69, 9.17) is 4.74 Å². The molecule has 0 atom stereocenters. The van der Waals surface area contributed by atoms with Gasteiger partial charge in [-0.3, -0.25) is 4.31 Å². The number of nitrogens with one attached hydrogen (secondary N) is 1. The van der Waals surface area contributed by atoms with E-state index in [1.165, 1.54) is 15.6 Å². The fraction of sp³-hybridized carbons (Fsp3) is 0.286. The van der Waals surface area contributed by atoms with Crippen LogP contribution in [0.3, 0.4) is 0 Å². The molecule has 2 rings (SSSR count). The lowest BCUT2D eigenvalue weighted by molar-refractivity contribution is 0.415. The van der Waals surface area contributed by atoms with Crippen LogP contribution in [0.2, 0.25) is 0 Å². The Bertz CT molecular complexity index is 693. The second kappa shape index (κ2) is 6.46. The first-order valence-corrected chi connectivity index (χ1v) is 8.61. The number of nitrogens with zero attached hydrogens (tertiary/aromatic N) is 1. The van der Waals surface area contributed by atoms with Crippen LogP contribution in [0.1, 0.15) is 4.88 Å². The highest BCUT2D eigenvalue weighted by Crippen LogP contribution is 2.28. The van der Waals surface area contributed by atoms with Crippen LogP contribution in [0.4, 0.5) is 5.69 Å². The van der Waals surface area contributed by atoms with Gasteiger partial charge in [-0.05, 0) is 43.4 Å². The largest absolute Gasteiger partial charge is 0.497 e. The number of hydrogen-bond donors (Lipinski definition) is 1. The van der Waals surface area contributed by atoms with Crippen molar-refractivity contribution in [3.8, 4) is 5.75 Å².